The molecular weight excluding hydrogens is 462 g/mol. The fraction of sp³-hybridized carbons (Fsp3) is 0.308. The van der Waals surface area contributed by atoms with Gasteiger partial charge in [-0.15, -0.1) is 0 Å². The van der Waals surface area contributed by atoms with Crippen LogP contribution < -0.4 is 15.2 Å². The van der Waals surface area contributed by atoms with E-state index in [2.05, 4.69) is 15.0 Å². The minimum absolute atomic E-state index is 0.0504. The normalized spacial score (nSPS) is 15.1. The smallest absolute Gasteiger partial charge is 0.255 e. The second-order valence-electron chi connectivity index (χ2n) is 8.36. The van der Waals surface area contributed by atoms with Crippen LogP contribution in [0.5, 0.6) is 11.5 Å². The molecule has 10 nitrogen and oxygen atoms in total. The lowest BCUT2D eigenvalue weighted by Crippen LogP contribution is -2.48. The largest absolute Gasteiger partial charge is 0.493 e. The first-order chi connectivity index (χ1) is 17.4. The Morgan fingerprint density at radius 1 is 1.11 bits per heavy atom. The number of rotatable bonds is 9. The predicted molar refractivity (Wildman–Crippen MR) is 133 cm³/mol. The van der Waals surface area contributed by atoms with Crippen molar-refractivity contribution in [2.24, 2.45) is 5.73 Å². The van der Waals surface area contributed by atoms with E-state index in [1.807, 2.05) is 42.2 Å². The van der Waals surface area contributed by atoms with Crippen LogP contribution in [0.4, 0.5) is 0 Å². The van der Waals surface area contributed by atoms with E-state index in [1.165, 1.54) is 7.11 Å². The quantitative estimate of drug-likeness (QED) is 0.453. The summed E-state index contributed by atoms with van der Waals surface area (Å²) in [4.78, 5) is 32.3. The highest BCUT2D eigenvalue weighted by atomic mass is 16.5. The van der Waals surface area contributed by atoms with Gasteiger partial charge in [0, 0.05) is 37.8 Å². The fourth-order valence-electron chi connectivity index (χ4n) is 3.92. The molecule has 188 valence electrons. The molecule has 1 aliphatic heterocycles. The first kappa shape index (κ1) is 24.9. The van der Waals surface area contributed by atoms with Crippen LogP contribution in [0, 0.1) is 0 Å². The van der Waals surface area contributed by atoms with Crippen LogP contribution in [0.3, 0.4) is 0 Å². The van der Waals surface area contributed by atoms with Crippen molar-refractivity contribution >= 4 is 17.9 Å². The van der Waals surface area contributed by atoms with Gasteiger partial charge in [0.2, 0.25) is 17.6 Å². The summed E-state index contributed by atoms with van der Waals surface area (Å²) in [6.07, 6.45) is 3.27. The Bertz CT molecular complexity index is 1220. The Kier molecular flexibility index (Phi) is 7.96. The van der Waals surface area contributed by atoms with Crippen molar-refractivity contribution in [2.45, 2.75) is 13.0 Å². The number of amides is 2. The molecule has 10 heteroatoms. The minimum atomic E-state index is -0.574. The first-order valence-corrected chi connectivity index (χ1v) is 11.6. The summed E-state index contributed by atoms with van der Waals surface area (Å²) in [6, 6.07) is 14.8. The minimum Gasteiger partial charge on any atom is -0.493 e. The second kappa shape index (κ2) is 11.5. The van der Waals surface area contributed by atoms with Crippen LogP contribution in [-0.4, -0.2) is 71.7 Å². The van der Waals surface area contributed by atoms with Crippen molar-refractivity contribution in [1.29, 1.82) is 0 Å². The van der Waals surface area contributed by atoms with E-state index >= 15 is 0 Å². The third-order valence-electron chi connectivity index (χ3n) is 5.98. The maximum Gasteiger partial charge on any atom is 0.255 e. The van der Waals surface area contributed by atoms with Gasteiger partial charge in [-0.25, -0.2) is 0 Å². The number of methoxy groups -OCH3 is 1. The molecule has 4 rings (SSSR count). The van der Waals surface area contributed by atoms with Crippen LogP contribution in [0.25, 0.3) is 17.5 Å². The van der Waals surface area contributed by atoms with Crippen LogP contribution >= 0.6 is 0 Å². The molecular formula is C26H29N5O5. The topological polar surface area (TPSA) is 124 Å². The zero-order valence-corrected chi connectivity index (χ0v) is 20.3. The number of nitrogens with zero attached hydrogens (tertiary/aromatic N) is 4. The van der Waals surface area contributed by atoms with Crippen LogP contribution in [0.15, 0.2) is 59.1 Å². The zero-order chi connectivity index (χ0) is 25.5. The lowest BCUT2D eigenvalue weighted by Gasteiger charge is -2.36. The molecule has 1 saturated heterocycles. The Morgan fingerprint density at radius 2 is 1.86 bits per heavy atom. The van der Waals surface area contributed by atoms with Gasteiger partial charge in [-0.1, -0.05) is 41.6 Å². The Hall–Kier alpha value is -4.18. The number of aromatic nitrogens is 2. The number of ether oxygens (including phenoxy) is 2. The molecule has 0 aliphatic carbocycles. The molecule has 2 aromatic carbocycles. The number of carbonyl (C=O) groups excluding carboxylic acids is 2. The maximum atomic E-state index is 12.7. The van der Waals surface area contributed by atoms with Gasteiger partial charge in [0.1, 0.15) is 0 Å². The van der Waals surface area contributed by atoms with Crippen molar-refractivity contribution in [3.8, 4) is 22.9 Å². The van der Waals surface area contributed by atoms with E-state index < -0.39 is 5.91 Å². The van der Waals surface area contributed by atoms with E-state index in [1.54, 1.807) is 30.4 Å². The fourth-order valence-corrected chi connectivity index (χ4v) is 3.92. The molecule has 0 radical (unpaired) electrons. The Balaban J connectivity index is 1.31. The van der Waals surface area contributed by atoms with Crippen LogP contribution in [-0.2, 0) is 9.59 Å². The Morgan fingerprint density at radius 3 is 2.56 bits per heavy atom. The molecule has 2 amide bonds. The predicted octanol–water partition coefficient (Wildman–Crippen LogP) is 2.53. The summed E-state index contributed by atoms with van der Waals surface area (Å²) in [5, 5.41) is 4.11. The third kappa shape index (κ3) is 6.08. The molecule has 0 saturated carbocycles. The van der Waals surface area contributed by atoms with E-state index in [-0.39, 0.29) is 18.6 Å². The molecule has 2 heterocycles. The molecule has 36 heavy (non-hydrogen) atoms. The SMILES string of the molecule is COc1cc(/C=C/C(=O)N2CCN(C(C)c3nc(-c4ccccc4)no3)CC2)ccc1OCC(N)=O. The van der Waals surface area contributed by atoms with E-state index in [9.17, 15) is 9.59 Å². The number of primary amides is 1. The van der Waals surface area contributed by atoms with Gasteiger partial charge in [-0.05, 0) is 30.7 Å². The van der Waals surface area contributed by atoms with Gasteiger partial charge in [-0.2, -0.15) is 4.98 Å². The van der Waals surface area contributed by atoms with Gasteiger partial charge in [0.25, 0.3) is 5.91 Å². The first-order valence-electron chi connectivity index (χ1n) is 11.6. The highest BCUT2D eigenvalue weighted by molar-refractivity contribution is 5.92. The van der Waals surface area contributed by atoms with Gasteiger partial charge in [0.05, 0.1) is 13.2 Å². The highest BCUT2D eigenvalue weighted by Gasteiger charge is 2.27. The lowest BCUT2D eigenvalue weighted by molar-refractivity contribution is -0.128. The van der Waals surface area contributed by atoms with Crippen molar-refractivity contribution in [2.75, 3.05) is 39.9 Å². The van der Waals surface area contributed by atoms with Crippen molar-refractivity contribution in [3.05, 3.63) is 66.1 Å². The molecule has 1 atom stereocenters. The van der Waals surface area contributed by atoms with Crippen LogP contribution in [0.2, 0.25) is 0 Å². The molecule has 0 spiro atoms. The van der Waals surface area contributed by atoms with E-state index in [4.69, 9.17) is 19.7 Å². The molecule has 2 N–H and O–H groups in total. The lowest BCUT2D eigenvalue weighted by atomic mass is 10.1. The molecule has 1 aliphatic rings. The maximum absolute atomic E-state index is 12.7. The van der Waals surface area contributed by atoms with Gasteiger partial charge < -0.3 is 24.6 Å². The molecule has 3 aromatic rings. The Labute approximate surface area is 209 Å². The van der Waals surface area contributed by atoms with Crippen molar-refractivity contribution < 1.29 is 23.6 Å². The highest BCUT2D eigenvalue weighted by Crippen LogP contribution is 2.28. The number of hydrogen-bond donors (Lipinski definition) is 1. The summed E-state index contributed by atoms with van der Waals surface area (Å²) in [6.45, 7) is 4.37. The van der Waals surface area contributed by atoms with Gasteiger partial charge in [0.15, 0.2) is 18.1 Å². The average Bonchev–Trinajstić information content (AvgIpc) is 3.41. The third-order valence-corrected chi connectivity index (χ3v) is 5.98. The van der Waals surface area contributed by atoms with Crippen LogP contribution in [0.1, 0.15) is 24.4 Å². The summed E-state index contributed by atoms with van der Waals surface area (Å²) < 4.78 is 16.2. The average molecular weight is 492 g/mol. The molecule has 1 fully saturated rings. The summed E-state index contributed by atoms with van der Waals surface area (Å²) >= 11 is 0. The van der Waals surface area contributed by atoms with Crippen molar-refractivity contribution in [1.82, 2.24) is 19.9 Å². The zero-order valence-electron chi connectivity index (χ0n) is 20.3. The molecule has 1 aromatic heterocycles. The summed E-state index contributed by atoms with van der Waals surface area (Å²) in [7, 11) is 1.50. The van der Waals surface area contributed by atoms with E-state index in [0.717, 1.165) is 11.1 Å². The van der Waals surface area contributed by atoms with Crippen molar-refractivity contribution in [3.63, 3.8) is 0 Å². The monoisotopic (exact) mass is 491 g/mol. The summed E-state index contributed by atoms with van der Waals surface area (Å²) in [5.74, 6) is 1.34. The summed E-state index contributed by atoms with van der Waals surface area (Å²) in [5.41, 5.74) is 6.80. The van der Waals surface area contributed by atoms with E-state index in [0.29, 0.717) is 49.4 Å². The standard InChI is InChI=1S/C26H29N5O5/c1-18(26-28-25(29-36-26)20-6-4-3-5-7-20)30-12-14-31(15-13-30)24(33)11-9-19-8-10-21(22(16-19)34-2)35-17-23(27)32/h3-11,16,18H,12-15,17H2,1-2H3,(H2,27,32)/b11-9+. The number of benzene rings is 2. The van der Waals surface area contributed by atoms with Gasteiger partial charge in [-0.3, -0.25) is 14.5 Å². The molecule has 0 bridgehead atoms. The molecule has 1 unspecified atom stereocenters. The number of carbonyl (C=O) groups is 2. The number of hydrogen-bond acceptors (Lipinski definition) is 8. The second-order valence-corrected chi connectivity index (χ2v) is 8.36. The van der Waals surface area contributed by atoms with Gasteiger partial charge >= 0.3 is 0 Å². The number of piperazine rings is 1. The number of nitrogens with two attached hydrogens (primary N) is 1.